The third-order valence-corrected chi connectivity index (χ3v) is 7.28. The highest BCUT2D eigenvalue weighted by molar-refractivity contribution is 5.69. The van der Waals surface area contributed by atoms with E-state index < -0.39 is 5.41 Å². The lowest BCUT2D eigenvalue weighted by atomic mass is 9.73. The molecule has 4 aromatic rings. The van der Waals surface area contributed by atoms with Gasteiger partial charge < -0.3 is 14.2 Å². The van der Waals surface area contributed by atoms with Crippen molar-refractivity contribution in [3.05, 3.63) is 144 Å². The SMILES string of the molecule is C=Cc1ccc(COc2ccc(C(C)(CCC(=O)OC)c3ccc(OCc4ccc(C=C)cc4)cc3)cc2)cc1. The molecular formula is C36H36O4. The van der Waals surface area contributed by atoms with Crippen LogP contribution >= 0.6 is 0 Å². The van der Waals surface area contributed by atoms with E-state index in [1.807, 2.05) is 84.9 Å². The van der Waals surface area contributed by atoms with Crippen LogP contribution < -0.4 is 9.47 Å². The third kappa shape index (κ3) is 7.29. The van der Waals surface area contributed by atoms with Gasteiger partial charge in [0, 0.05) is 11.8 Å². The molecular weight excluding hydrogens is 496 g/mol. The first-order chi connectivity index (χ1) is 19.4. The van der Waals surface area contributed by atoms with Gasteiger partial charge in [0.1, 0.15) is 24.7 Å². The van der Waals surface area contributed by atoms with E-state index in [1.165, 1.54) is 7.11 Å². The van der Waals surface area contributed by atoms with Crippen LogP contribution in [0.25, 0.3) is 12.2 Å². The Morgan fingerprint density at radius 3 is 1.43 bits per heavy atom. The monoisotopic (exact) mass is 532 g/mol. The molecule has 204 valence electrons. The van der Waals surface area contributed by atoms with Gasteiger partial charge in [-0.05, 0) is 64.1 Å². The fourth-order valence-electron chi connectivity index (χ4n) is 4.58. The predicted molar refractivity (Wildman–Crippen MR) is 162 cm³/mol. The molecule has 0 saturated heterocycles. The van der Waals surface area contributed by atoms with E-state index in [1.54, 1.807) is 0 Å². The summed E-state index contributed by atoms with van der Waals surface area (Å²) in [5, 5.41) is 0. The van der Waals surface area contributed by atoms with Crippen molar-refractivity contribution in [1.82, 2.24) is 0 Å². The molecule has 0 heterocycles. The number of hydrogen-bond donors (Lipinski definition) is 0. The van der Waals surface area contributed by atoms with Crippen LogP contribution in [0.1, 0.15) is 53.1 Å². The van der Waals surface area contributed by atoms with Crippen LogP contribution in [0.4, 0.5) is 0 Å². The van der Waals surface area contributed by atoms with Gasteiger partial charge in [-0.25, -0.2) is 0 Å². The topological polar surface area (TPSA) is 44.8 Å². The van der Waals surface area contributed by atoms with Crippen LogP contribution in [0, 0.1) is 0 Å². The smallest absolute Gasteiger partial charge is 0.305 e. The number of carbonyl (C=O) groups is 1. The zero-order chi connectivity index (χ0) is 28.4. The Balaban J connectivity index is 1.47. The number of ether oxygens (including phenoxy) is 3. The highest BCUT2D eigenvalue weighted by Crippen LogP contribution is 2.38. The molecule has 0 aromatic heterocycles. The maximum atomic E-state index is 12.1. The molecule has 4 heteroatoms. The van der Waals surface area contributed by atoms with Gasteiger partial charge in [0.15, 0.2) is 0 Å². The largest absolute Gasteiger partial charge is 0.489 e. The van der Waals surface area contributed by atoms with Crippen molar-refractivity contribution in [2.24, 2.45) is 0 Å². The molecule has 0 amide bonds. The maximum Gasteiger partial charge on any atom is 0.305 e. The lowest BCUT2D eigenvalue weighted by molar-refractivity contribution is -0.140. The summed E-state index contributed by atoms with van der Waals surface area (Å²) in [4.78, 5) is 12.1. The summed E-state index contributed by atoms with van der Waals surface area (Å²) in [6.07, 6.45) is 4.56. The molecule has 4 rings (SSSR count). The fraction of sp³-hybridized carbons (Fsp3) is 0.194. The van der Waals surface area contributed by atoms with Crippen molar-refractivity contribution in [2.45, 2.75) is 38.4 Å². The second kappa shape index (κ2) is 13.5. The van der Waals surface area contributed by atoms with Gasteiger partial charge in [0.25, 0.3) is 0 Å². The standard InChI is InChI=1S/C36H36O4/c1-5-27-7-11-29(12-8-27)25-39-33-19-15-31(16-20-33)36(3,24-23-35(37)38-4)32-17-21-34(22-18-32)40-26-30-13-9-28(6-2)10-14-30/h5-22H,1-2,23-26H2,3-4H3. The summed E-state index contributed by atoms with van der Waals surface area (Å²) in [6, 6.07) is 32.5. The Kier molecular flexibility index (Phi) is 9.58. The summed E-state index contributed by atoms with van der Waals surface area (Å²) >= 11 is 0. The number of hydrogen-bond acceptors (Lipinski definition) is 4. The molecule has 4 aromatic carbocycles. The van der Waals surface area contributed by atoms with E-state index in [0.717, 1.165) is 44.9 Å². The fourth-order valence-corrected chi connectivity index (χ4v) is 4.58. The third-order valence-electron chi connectivity index (χ3n) is 7.28. The van der Waals surface area contributed by atoms with E-state index in [4.69, 9.17) is 14.2 Å². The minimum absolute atomic E-state index is 0.226. The highest BCUT2D eigenvalue weighted by Gasteiger charge is 2.30. The lowest BCUT2D eigenvalue weighted by Gasteiger charge is -2.31. The summed E-state index contributed by atoms with van der Waals surface area (Å²) in [7, 11) is 1.42. The maximum absolute atomic E-state index is 12.1. The Morgan fingerprint density at radius 1 is 0.675 bits per heavy atom. The van der Waals surface area contributed by atoms with Gasteiger partial charge in [-0.2, -0.15) is 0 Å². The highest BCUT2D eigenvalue weighted by atomic mass is 16.5. The summed E-state index contributed by atoms with van der Waals surface area (Å²) in [5.41, 5.74) is 6.12. The van der Waals surface area contributed by atoms with Crippen molar-refractivity contribution in [2.75, 3.05) is 7.11 Å². The molecule has 0 aliphatic rings. The Bertz CT molecular complexity index is 1300. The van der Waals surface area contributed by atoms with Gasteiger partial charge >= 0.3 is 5.97 Å². The van der Waals surface area contributed by atoms with Gasteiger partial charge in [0.05, 0.1) is 7.11 Å². The molecule has 0 radical (unpaired) electrons. The Hall–Kier alpha value is -4.57. The second-order valence-electron chi connectivity index (χ2n) is 9.93. The molecule has 4 nitrogen and oxygen atoms in total. The van der Waals surface area contributed by atoms with Gasteiger partial charge in [-0.1, -0.05) is 105 Å². The molecule has 0 bridgehead atoms. The quantitative estimate of drug-likeness (QED) is 0.162. The average molecular weight is 533 g/mol. The minimum Gasteiger partial charge on any atom is -0.489 e. The van der Waals surface area contributed by atoms with Crippen molar-refractivity contribution in [3.8, 4) is 11.5 Å². The van der Waals surface area contributed by atoms with Crippen LogP contribution in [0.15, 0.2) is 110 Å². The molecule has 40 heavy (non-hydrogen) atoms. The van der Waals surface area contributed by atoms with Crippen LogP contribution in [-0.2, 0) is 28.2 Å². The van der Waals surface area contributed by atoms with Gasteiger partial charge in [0.2, 0.25) is 0 Å². The molecule has 0 saturated carbocycles. The minimum atomic E-state index is -0.410. The summed E-state index contributed by atoms with van der Waals surface area (Å²) in [6.45, 7) is 10.7. The van der Waals surface area contributed by atoms with E-state index in [2.05, 4.69) is 44.3 Å². The van der Waals surface area contributed by atoms with Crippen LogP contribution in [-0.4, -0.2) is 13.1 Å². The van der Waals surface area contributed by atoms with Gasteiger partial charge in [-0.15, -0.1) is 0 Å². The number of rotatable bonds is 13. The molecule has 0 N–H and O–H groups in total. The number of methoxy groups -OCH3 is 1. The van der Waals surface area contributed by atoms with Gasteiger partial charge in [-0.3, -0.25) is 4.79 Å². The van der Waals surface area contributed by atoms with Crippen LogP contribution in [0.2, 0.25) is 0 Å². The summed E-state index contributed by atoms with van der Waals surface area (Å²) < 4.78 is 17.0. The zero-order valence-electron chi connectivity index (χ0n) is 23.3. The second-order valence-corrected chi connectivity index (χ2v) is 9.93. The molecule has 0 aliphatic carbocycles. The molecule has 0 fully saturated rings. The Labute approximate surface area is 237 Å². The van der Waals surface area contributed by atoms with E-state index >= 15 is 0 Å². The van der Waals surface area contributed by atoms with E-state index in [-0.39, 0.29) is 5.97 Å². The van der Waals surface area contributed by atoms with Crippen molar-refractivity contribution in [3.63, 3.8) is 0 Å². The zero-order valence-corrected chi connectivity index (χ0v) is 23.3. The molecule has 0 atom stereocenters. The number of benzene rings is 4. The van der Waals surface area contributed by atoms with Crippen LogP contribution in [0.3, 0.4) is 0 Å². The summed E-state index contributed by atoms with van der Waals surface area (Å²) in [5.74, 6) is 1.35. The lowest BCUT2D eigenvalue weighted by Crippen LogP contribution is -2.25. The first kappa shape index (κ1) is 28.4. The van der Waals surface area contributed by atoms with E-state index in [0.29, 0.717) is 26.1 Å². The van der Waals surface area contributed by atoms with Crippen molar-refractivity contribution in [1.29, 1.82) is 0 Å². The normalized spacial score (nSPS) is 10.9. The number of esters is 1. The van der Waals surface area contributed by atoms with Crippen molar-refractivity contribution < 1.29 is 19.0 Å². The Morgan fingerprint density at radius 2 is 1.07 bits per heavy atom. The molecule has 0 spiro atoms. The van der Waals surface area contributed by atoms with Crippen molar-refractivity contribution >= 4 is 18.1 Å². The first-order valence-corrected chi connectivity index (χ1v) is 13.4. The molecule has 0 aliphatic heterocycles. The average Bonchev–Trinajstić information content (AvgIpc) is 3.02. The first-order valence-electron chi connectivity index (χ1n) is 13.4. The van der Waals surface area contributed by atoms with E-state index in [9.17, 15) is 4.79 Å². The molecule has 0 unspecified atom stereocenters. The van der Waals surface area contributed by atoms with Crippen LogP contribution in [0.5, 0.6) is 11.5 Å². The number of carbonyl (C=O) groups excluding carboxylic acids is 1. The predicted octanol–water partition coefficient (Wildman–Crippen LogP) is 8.39.